The molecule has 2 amide bonds. The van der Waals surface area contributed by atoms with Crippen molar-refractivity contribution in [2.75, 3.05) is 12.4 Å². The van der Waals surface area contributed by atoms with Crippen LogP contribution in [0, 0.1) is 6.92 Å². The van der Waals surface area contributed by atoms with Gasteiger partial charge in [-0.1, -0.05) is 0 Å². The molecule has 24 heavy (non-hydrogen) atoms. The Morgan fingerprint density at radius 2 is 2.08 bits per heavy atom. The van der Waals surface area contributed by atoms with Crippen LogP contribution in [-0.2, 0) is 13.6 Å². The van der Waals surface area contributed by atoms with Crippen LogP contribution in [0.2, 0.25) is 0 Å². The summed E-state index contributed by atoms with van der Waals surface area (Å²) in [5.74, 6) is 1.22. The molecule has 0 bridgehead atoms. The van der Waals surface area contributed by atoms with E-state index in [1.165, 1.54) is 0 Å². The van der Waals surface area contributed by atoms with Crippen molar-refractivity contribution in [3.8, 4) is 11.5 Å². The third-order valence-corrected chi connectivity index (χ3v) is 3.56. The summed E-state index contributed by atoms with van der Waals surface area (Å²) in [5, 5.41) is 9.76. The Balaban J connectivity index is 1.99. The van der Waals surface area contributed by atoms with E-state index in [2.05, 4.69) is 15.7 Å². The number of ether oxygens (including phenoxy) is 2. The van der Waals surface area contributed by atoms with Gasteiger partial charge in [-0.05, 0) is 32.9 Å². The van der Waals surface area contributed by atoms with Crippen LogP contribution in [0.4, 0.5) is 10.5 Å². The number of nitrogens with one attached hydrogen (secondary N) is 2. The van der Waals surface area contributed by atoms with Gasteiger partial charge in [0.25, 0.3) is 0 Å². The number of aryl methyl sites for hydroxylation is 1. The van der Waals surface area contributed by atoms with E-state index in [1.54, 1.807) is 36.2 Å². The predicted molar refractivity (Wildman–Crippen MR) is 92.6 cm³/mol. The van der Waals surface area contributed by atoms with Crippen molar-refractivity contribution < 1.29 is 14.3 Å². The number of hydrogen-bond donors (Lipinski definition) is 2. The van der Waals surface area contributed by atoms with E-state index >= 15 is 0 Å². The van der Waals surface area contributed by atoms with Crippen LogP contribution in [0.25, 0.3) is 0 Å². The number of aromatic nitrogens is 2. The first kappa shape index (κ1) is 17.7. The molecule has 130 valence electrons. The van der Waals surface area contributed by atoms with Gasteiger partial charge in [0.05, 0.1) is 19.4 Å². The van der Waals surface area contributed by atoms with Gasteiger partial charge in [-0.3, -0.25) is 4.68 Å². The van der Waals surface area contributed by atoms with Crippen LogP contribution in [0.1, 0.15) is 25.1 Å². The van der Waals surface area contributed by atoms with E-state index in [9.17, 15) is 4.79 Å². The average molecular weight is 332 g/mol. The van der Waals surface area contributed by atoms with Gasteiger partial charge >= 0.3 is 6.03 Å². The Labute approximate surface area is 142 Å². The molecule has 0 unspecified atom stereocenters. The van der Waals surface area contributed by atoms with Gasteiger partial charge < -0.3 is 20.1 Å². The minimum Gasteiger partial charge on any atom is -0.493 e. The van der Waals surface area contributed by atoms with Crippen LogP contribution in [-0.4, -0.2) is 29.0 Å². The Morgan fingerprint density at radius 1 is 1.33 bits per heavy atom. The van der Waals surface area contributed by atoms with Crippen molar-refractivity contribution in [3.05, 3.63) is 35.7 Å². The summed E-state index contributed by atoms with van der Waals surface area (Å²) in [6.45, 7) is 6.24. The first-order valence-corrected chi connectivity index (χ1v) is 7.77. The summed E-state index contributed by atoms with van der Waals surface area (Å²) < 4.78 is 12.7. The summed E-state index contributed by atoms with van der Waals surface area (Å²) in [6.07, 6.45) is 1.76. The van der Waals surface area contributed by atoms with Gasteiger partial charge in [-0.25, -0.2) is 4.79 Å². The molecule has 0 aliphatic heterocycles. The van der Waals surface area contributed by atoms with Gasteiger partial charge in [-0.2, -0.15) is 5.10 Å². The number of rotatable bonds is 6. The van der Waals surface area contributed by atoms with Crippen LogP contribution < -0.4 is 20.1 Å². The molecule has 0 atom stereocenters. The molecule has 0 saturated carbocycles. The zero-order chi connectivity index (χ0) is 17.7. The summed E-state index contributed by atoms with van der Waals surface area (Å²) in [4.78, 5) is 12.1. The number of anilines is 1. The smallest absolute Gasteiger partial charge is 0.319 e. The molecular formula is C17H24N4O3. The summed E-state index contributed by atoms with van der Waals surface area (Å²) in [7, 11) is 3.45. The second-order valence-corrected chi connectivity index (χ2v) is 5.72. The number of nitrogens with zero attached hydrogens (tertiary/aromatic N) is 2. The van der Waals surface area contributed by atoms with Gasteiger partial charge in [0, 0.05) is 36.6 Å². The van der Waals surface area contributed by atoms with Crippen molar-refractivity contribution >= 4 is 11.7 Å². The number of methoxy groups -OCH3 is 1. The number of carbonyl (C=O) groups excluding carboxylic acids is 1. The Bertz CT molecular complexity index is 710. The Hall–Kier alpha value is -2.70. The molecule has 0 aliphatic rings. The lowest BCUT2D eigenvalue weighted by Crippen LogP contribution is -2.28. The van der Waals surface area contributed by atoms with Crippen molar-refractivity contribution in [1.82, 2.24) is 15.1 Å². The van der Waals surface area contributed by atoms with Crippen molar-refractivity contribution in [3.63, 3.8) is 0 Å². The minimum absolute atomic E-state index is 0.0107. The van der Waals surface area contributed by atoms with Gasteiger partial charge in [-0.15, -0.1) is 0 Å². The second-order valence-electron chi connectivity index (χ2n) is 5.72. The van der Waals surface area contributed by atoms with E-state index in [-0.39, 0.29) is 12.1 Å². The molecule has 1 aromatic carbocycles. The van der Waals surface area contributed by atoms with Crippen molar-refractivity contribution in [2.24, 2.45) is 7.05 Å². The standard InChI is InChI=1S/C17H24N4O3/c1-11(2)24-16-8-14(6-7-15(16)23-5)20-17(22)18-9-13-10-19-21(4)12(13)3/h6-8,10-11H,9H2,1-5H3,(H2,18,20,22). The molecule has 0 radical (unpaired) electrons. The highest BCUT2D eigenvalue weighted by Crippen LogP contribution is 2.31. The largest absolute Gasteiger partial charge is 0.493 e. The van der Waals surface area contributed by atoms with E-state index in [1.807, 2.05) is 27.8 Å². The molecule has 7 heteroatoms. The highest BCUT2D eigenvalue weighted by atomic mass is 16.5. The summed E-state index contributed by atoms with van der Waals surface area (Å²) >= 11 is 0. The fourth-order valence-electron chi connectivity index (χ4n) is 2.17. The molecule has 0 fully saturated rings. The maximum atomic E-state index is 12.1. The van der Waals surface area contributed by atoms with Crippen LogP contribution in [0.5, 0.6) is 11.5 Å². The highest BCUT2D eigenvalue weighted by Gasteiger charge is 2.10. The lowest BCUT2D eigenvalue weighted by Gasteiger charge is -2.15. The van der Waals surface area contributed by atoms with E-state index in [0.29, 0.717) is 23.7 Å². The zero-order valence-corrected chi connectivity index (χ0v) is 14.7. The van der Waals surface area contributed by atoms with Gasteiger partial charge in [0.15, 0.2) is 11.5 Å². The van der Waals surface area contributed by atoms with Crippen LogP contribution in [0.15, 0.2) is 24.4 Å². The number of amides is 2. The molecule has 0 aliphatic carbocycles. The van der Waals surface area contributed by atoms with Crippen molar-refractivity contribution in [1.29, 1.82) is 0 Å². The normalized spacial score (nSPS) is 10.6. The summed E-state index contributed by atoms with van der Waals surface area (Å²) in [6, 6.07) is 4.98. The van der Waals surface area contributed by atoms with Gasteiger partial charge in [0.1, 0.15) is 0 Å². The average Bonchev–Trinajstić information content (AvgIpc) is 2.84. The first-order valence-electron chi connectivity index (χ1n) is 7.77. The number of benzene rings is 1. The molecule has 2 N–H and O–H groups in total. The van der Waals surface area contributed by atoms with E-state index < -0.39 is 0 Å². The number of urea groups is 1. The highest BCUT2D eigenvalue weighted by molar-refractivity contribution is 5.89. The maximum absolute atomic E-state index is 12.1. The molecule has 1 heterocycles. The molecular weight excluding hydrogens is 308 g/mol. The Kier molecular flexibility index (Phi) is 5.68. The van der Waals surface area contributed by atoms with Crippen LogP contribution in [0.3, 0.4) is 0 Å². The fourth-order valence-corrected chi connectivity index (χ4v) is 2.17. The first-order chi connectivity index (χ1) is 11.4. The number of hydrogen-bond acceptors (Lipinski definition) is 4. The SMILES string of the molecule is COc1ccc(NC(=O)NCc2cnn(C)c2C)cc1OC(C)C. The lowest BCUT2D eigenvalue weighted by atomic mass is 10.2. The minimum atomic E-state index is -0.293. The van der Waals surface area contributed by atoms with Crippen molar-refractivity contribution in [2.45, 2.75) is 33.4 Å². The number of carbonyl (C=O) groups is 1. The maximum Gasteiger partial charge on any atom is 0.319 e. The predicted octanol–water partition coefficient (Wildman–Crippen LogP) is 2.85. The van der Waals surface area contributed by atoms with E-state index in [0.717, 1.165) is 11.3 Å². The third-order valence-electron chi connectivity index (χ3n) is 3.56. The lowest BCUT2D eigenvalue weighted by molar-refractivity contribution is 0.230. The van der Waals surface area contributed by atoms with Crippen LogP contribution >= 0.6 is 0 Å². The molecule has 0 saturated heterocycles. The summed E-state index contributed by atoms with van der Waals surface area (Å²) in [5.41, 5.74) is 2.63. The molecule has 7 nitrogen and oxygen atoms in total. The molecule has 0 spiro atoms. The molecule has 2 rings (SSSR count). The van der Waals surface area contributed by atoms with Gasteiger partial charge in [0.2, 0.25) is 0 Å². The quantitative estimate of drug-likeness (QED) is 0.853. The monoisotopic (exact) mass is 332 g/mol. The molecule has 2 aromatic rings. The zero-order valence-electron chi connectivity index (χ0n) is 14.7. The fraction of sp³-hybridized carbons (Fsp3) is 0.412. The molecule has 1 aromatic heterocycles. The Morgan fingerprint density at radius 3 is 2.67 bits per heavy atom. The third kappa shape index (κ3) is 4.41. The second kappa shape index (κ2) is 7.72. The van der Waals surface area contributed by atoms with E-state index in [4.69, 9.17) is 9.47 Å². The topological polar surface area (TPSA) is 77.4 Å².